The van der Waals surface area contributed by atoms with Crippen molar-refractivity contribution in [2.45, 2.75) is 18.8 Å². The van der Waals surface area contributed by atoms with Gasteiger partial charge in [0.15, 0.2) is 11.5 Å². The number of hydrogen-bond donors (Lipinski definition) is 2. The number of carbonyl (C=O) groups excluding carboxylic acids is 1. The molecule has 0 fully saturated rings. The highest BCUT2D eigenvalue weighted by Gasteiger charge is 2.17. The van der Waals surface area contributed by atoms with Gasteiger partial charge in [-0.05, 0) is 48.4 Å². The van der Waals surface area contributed by atoms with Crippen LogP contribution in [0.1, 0.15) is 34.0 Å². The Bertz CT molecular complexity index is 657. The highest BCUT2D eigenvalue weighted by atomic mass is 32.1. The first-order chi connectivity index (χ1) is 11.3. The number of carbonyl (C=O) groups is 1. The zero-order chi connectivity index (χ0) is 16.1. The molecule has 1 aromatic carbocycles. The quantitative estimate of drug-likeness (QED) is 0.817. The van der Waals surface area contributed by atoms with Crippen LogP contribution in [0.2, 0.25) is 0 Å². The normalized spacial score (nSPS) is 13.8. The monoisotopic (exact) mass is 333 g/mol. The fourth-order valence-corrected chi connectivity index (χ4v) is 3.51. The van der Waals surface area contributed by atoms with Crippen LogP contribution in [0.4, 0.5) is 0 Å². The molecule has 0 spiro atoms. The SMILES string of the molecule is O=C(NCCC(CCO)c1cccs1)c1ccc2c(c1)OCO2. The molecule has 2 heterocycles. The van der Waals surface area contributed by atoms with Gasteiger partial charge >= 0.3 is 0 Å². The van der Waals surface area contributed by atoms with E-state index in [1.54, 1.807) is 29.5 Å². The lowest BCUT2D eigenvalue weighted by molar-refractivity contribution is 0.0951. The van der Waals surface area contributed by atoms with Crippen LogP contribution in [0.15, 0.2) is 35.7 Å². The molecule has 1 unspecified atom stereocenters. The maximum atomic E-state index is 12.2. The predicted octanol–water partition coefficient (Wildman–Crippen LogP) is 2.76. The Labute approximate surface area is 138 Å². The molecule has 6 heteroatoms. The summed E-state index contributed by atoms with van der Waals surface area (Å²) in [6, 6.07) is 9.26. The Hall–Kier alpha value is -2.05. The Kier molecular flexibility index (Phi) is 5.15. The van der Waals surface area contributed by atoms with E-state index in [0.29, 0.717) is 30.0 Å². The summed E-state index contributed by atoms with van der Waals surface area (Å²) in [5.41, 5.74) is 0.559. The topological polar surface area (TPSA) is 67.8 Å². The second kappa shape index (κ2) is 7.48. The minimum Gasteiger partial charge on any atom is -0.454 e. The third kappa shape index (κ3) is 3.83. The number of nitrogens with one attached hydrogen (secondary N) is 1. The van der Waals surface area contributed by atoms with Gasteiger partial charge in [0.2, 0.25) is 6.79 Å². The number of fused-ring (bicyclic) bond motifs is 1. The van der Waals surface area contributed by atoms with Crippen LogP contribution in [-0.2, 0) is 0 Å². The first-order valence-electron chi connectivity index (χ1n) is 7.60. The lowest BCUT2D eigenvalue weighted by Gasteiger charge is -2.14. The molecule has 0 saturated heterocycles. The van der Waals surface area contributed by atoms with Gasteiger partial charge in [-0.1, -0.05) is 6.07 Å². The van der Waals surface area contributed by atoms with E-state index >= 15 is 0 Å². The van der Waals surface area contributed by atoms with Crippen LogP contribution in [0.5, 0.6) is 11.5 Å². The number of thiophene rings is 1. The molecule has 0 bridgehead atoms. The molecule has 1 amide bonds. The molecule has 3 rings (SSSR count). The molecule has 1 aliphatic heterocycles. The van der Waals surface area contributed by atoms with Crippen molar-refractivity contribution in [3.8, 4) is 11.5 Å². The average Bonchev–Trinajstić information content (AvgIpc) is 3.24. The minimum atomic E-state index is -0.128. The Morgan fingerprint density at radius 1 is 1.26 bits per heavy atom. The largest absolute Gasteiger partial charge is 0.454 e. The van der Waals surface area contributed by atoms with Crippen molar-refractivity contribution in [1.29, 1.82) is 0 Å². The predicted molar refractivity (Wildman–Crippen MR) is 88.3 cm³/mol. The van der Waals surface area contributed by atoms with E-state index in [1.807, 2.05) is 11.4 Å². The number of hydrogen-bond acceptors (Lipinski definition) is 5. The standard InChI is InChI=1S/C17H19NO4S/c19-8-6-12(16-2-1-9-23-16)5-7-18-17(20)13-3-4-14-15(10-13)22-11-21-14/h1-4,9-10,12,19H,5-8,11H2,(H,18,20). The van der Waals surface area contributed by atoms with Gasteiger partial charge in [0.25, 0.3) is 5.91 Å². The van der Waals surface area contributed by atoms with Gasteiger partial charge < -0.3 is 19.9 Å². The molecular weight excluding hydrogens is 314 g/mol. The fraction of sp³-hybridized carbons (Fsp3) is 0.353. The number of benzene rings is 1. The number of amides is 1. The highest BCUT2D eigenvalue weighted by molar-refractivity contribution is 7.10. The second-order valence-corrected chi connectivity index (χ2v) is 6.32. The lowest BCUT2D eigenvalue weighted by atomic mass is 10.00. The Balaban J connectivity index is 1.54. The summed E-state index contributed by atoms with van der Waals surface area (Å²) in [5, 5.41) is 14.2. The van der Waals surface area contributed by atoms with Crippen molar-refractivity contribution in [3.63, 3.8) is 0 Å². The van der Waals surface area contributed by atoms with Crippen molar-refractivity contribution in [2.24, 2.45) is 0 Å². The molecule has 2 aromatic rings. The van der Waals surface area contributed by atoms with Crippen LogP contribution in [0.3, 0.4) is 0 Å². The summed E-state index contributed by atoms with van der Waals surface area (Å²) < 4.78 is 10.5. The number of aliphatic hydroxyl groups excluding tert-OH is 1. The van der Waals surface area contributed by atoms with E-state index < -0.39 is 0 Å². The van der Waals surface area contributed by atoms with Crippen molar-refractivity contribution in [3.05, 3.63) is 46.2 Å². The van der Waals surface area contributed by atoms with Gasteiger partial charge in [-0.25, -0.2) is 0 Å². The molecule has 122 valence electrons. The molecular formula is C17H19NO4S. The summed E-state index contributed by atoms with van der Waals surface area (Å²) in [5.74, 6) is 1.42. The molecule has 2 N–H and O–H groups in total. The minimum absolute atomic E-state index is 0.128. The van der Waals surface area contributed by atoms with Crippen molar-refractivity contribution in [1.82, 2.24) is 5.32 Å². The van der Waals surface area contributed by atoms with Crippen molar-refractivity contribution < 1.29 is 19.4 Å². The van der Waals surface area contributed by atoms with Crippen LogP contribution < -0.4 is 14.8 Å². The van der Waals surface area contributed by atoms with E-state index in [1.165, 1.54) is 4.88 Å². The van der Waals surface area contributed by atoms with Crippen LogP contribution in [0.25, 0.3) is 0 Å². The summed E-state index contributed by atoms with van der Waals surface area (Å²) >= 11 is 1.69. The third-order valence-electron chi connectivity index (χ3n) is 3.84. The number of aliphatic hydroxyl groups is 1. The van der Waals surface area contributed by atoms with Gasteiger partial charge in [-0.2, -0.15) is 0 Å². The van der Waals surface area contributed by atoms with Gasteiger partial charge in [-0.15, -0.1) is 11.3 Å². The van der Waals surface area contributed by atoms with Crippen LogP contribution in [0, 0.1) is 0 Å². The van der Waals surface area contributed by atoms with Gasteiger partial charge in [0, 0.05) is 23.6 Å². The van der Waals surface area contributed by atoms with Crippen molar-refractivity contribution in [2.75, 3.05) is 19.9 Å². The molecule has 0 saturated carbocycles. The van der Waals surface area contributed by atoms with E-state index in [9.17, 15) is 9.90 Å². The molecule has 5 nitrogen and oxygen atoms in total. The molecule has 0 aliphatic carbocycles. The van der Waals surface area contributed by atoms with Crippen molar-refractivity contribution >= 4 is 17.2 Å². The smallest absolute Gasteiger partial charge is 0.251 e. The zero-order valence-electron chi connectivity index (χ0n) is 12.7. The summed E-state index contributed by atoms with van der Waals surface area (Å²) in [6.07, 6.45) is 1.51. The maximum Gasteiger partial charge on any atom is 0.251 e. The van der Waals surface area contributed by atoms with Gasteiger partial charge in [0.05, 0.1) is 0 Å². The first kappa shape index (κ1) is 15.8. The Morgan fingerprint density at radius 2 is 2.13 bits per heavy atom. The number of ether oxygens (including phenoxy) is 2. The van der Waals surface area contributed by atoms with Gasteiger partial charge in [-0.3, -0.25) is 4.79 Å². The van der Waals surface area contributed by atoms with Crippen LogP contribution >= 0.6 is 11.3 Å². The lowest BCUT2D eigenvalue weighted by Crippen LogP contribution is -2.25. The van der Waals surface area contributed by atoms with E-state index in [2.05, 4.69) is 11.4 Å². The van der Waals surface area contributed by atoms with Crippen LogP contribution in [-0.4, -0.2) is 31.0 Å². The molecule has 1 aliphatic rings. The van der Waals surface area contributed by atoms with Gasteiger partial charge in [0.1, 0.15) is 0 Å². The average molecular weight is 333 g/mol. The first-order valence-corrected chi connectivity index (χ1v) is 8.48. The summed E-state index contributed by atoms with van der Waals surface area (Å²) in [4.78, 5) is 13.5. The summed E-state index contributed by atoms with van der Waals surface area (Å²) in [6.45, 7) is 0.915. The molecule has 1 atom stereocenters. The van der Waals surface area contributed by atoms with E-state index in [4.69, 9.17) is 9.47 Å². The summed E-state index contributed by atoms with van der Waals surface area (Å²) in [7, 11) is 0. The molecule has 23 heavy (non-hydrogen) atoms. The number of rotatable bonds is 7. The van der Waals surface area contributed by atoms with E-state index in [-0.39, 0.29) is 25.2 Å². The molecule has 0 radical (unpaired) electrons. The highest BCUT2D eigenvalue weighted by Crippen LogP contribution is 2.32. The zero-order valence-corrected chi connectivity index (χ0v) is 13.5. The van der Waals surface area contributed by atoms with E-state index in [0.717, 1.165) is 6.42 Å². The Morgan fingerprint density at radius 3 is 2.91 bits per heavy atom. The molecule has 1 aromatic heterocycles. The maximum absolute atomic E-state index is 12.2. The third-order valence-corrected chi connectivity index (χ3v) is 4.87. The fourth-order valence-electron chi connectivity index (χ4n) is 2.61. The second-order valence-electron chi connectivity index (χ2n) is 5.34.